The molecule has 1 N–H and O–H groups in total. The molecule has 0 aromatic heterocycles. The lowest BCUT2D eigenvalue weighted by Gasteiger charge is -2.39. The lowest BCUT2D eigenvalue weighted by molar-refractivity contribution is 0.142. The average Bonchev–Trinajstić information content (AvgIpc) is 2.08. The van der Waals surface area contributed by atoms with Gasteiger partial charge in [-0.05, 0) is 31.6 Å². The maximum absolute atomic E-state index is 5.04. The summed E-state index contributed by atoms with van der Waals surface area (Å²) in [6, 6.07) is 0.595. The lowest BCUT2D eigenvalue weighted by Crippen LogP contribution is -2.41. The SMILES string of the molecule is COCCC(C)NCC1(C)CCC1. The van der Waals surface area contributed by atoms with Crippen LogP contribution in [0.2, 0.25) is 0 Å². The Morgan fingerprint density at radius 3 is 2.62 bits per heavy atom. The van der Waals surface area contributed by atoms with Gasteiger partial charge in [-0.15, -0.1) is 0 Å². The van der Waals surface area contributed by atoms with Crippen LogP contribution in [0, 0.1) is 5.41 Å². The fourth-order valence-electron chi connectivity index (χ4n) is 1.77. The first-order valence-corrected chi connectivity index (χ1v) is 5.39. The zero-order chi connectivity index (χ0) is 9.73. The Bertz CT molecular complexity index is 143. The monoisotopic (exact) mass is 185 g/mol. The third-order valence-corrected chi connectivity index (χ3v) is 3.19. The summed E-state index contributed by atoms with van der Waals surface area (Å²) in [5, 5.41) is 3.58. The molecule has 1 atom stereocenters. The minimum Gasteiger partial charge on any atom is -0.385 e. The van der Waals surface area contributed by atoms with Crippen molar-refractivity contribution >= 4 is 0 Å². The molecule has 13 heavy (non-hydrogen) atoms. The van der Waals surface area contributed by atoms with E-state index in [2.05, 4.69) is 19.2 Å². The summed E-state index contributed by atoms with van der Waals surface area (Å²) in [6.45, 7) is 6.66. The smallest absolute Gasteiger partial charge is 0.0476 e. The third-order valence-electron chi connectivity index (χ3n) is 3.19. The van der Waals surface area contributed by atoms with Crippen molar-refractivity contribution in [3.05, 3.63) is 0 Å². The summed E-state index contributed by atoms with van der Waals surface area (Å²) in [5.74, 6) is 0. The number of hydrogen-bond donors (Lipinski definition) is 1. The zero-order valence-electron chi connectivity index (χ0n) is 9.23. The van der Waals surface area contributed by atoms with Crippen molar-refractivity contribution in [2.24, 2.45) is 5.41 Å². The molecule has 0 amide bonds. The second-order valence-electron chi connectivity index (χ2n) is 4.73. The van der Waals surface area contributed by atoms with E-state index >= 15 is 0 Å². The van der Waals surface area contributed by atoms with Gasteiger partial charge >= 0.3 is 0 Å². The zero-order valence-corrected chi connectivity index (χ0v) is 9.23. The lowest BCUT2D eigenvalue weighted by atomic mass is 9.70. The molecule has 1 saturated carbocycles. The number of methoxy groups -OCH3 is 1. The molecular weight excluding hydrogens is 162 g/mol. The summed E-state index contributed by atoms with van der Waals surface area (Å²) in [4.78, 5) is 0. The molecule has 0 aliphatic heterocycles. The molecule has 78 valence electrons. The molecule has 1 aliphatic rings. The predicted octanol–water partition coefficient (Wildman–Crippen LogP) is 2.19. The van der Waals surface area contributed by atoms with Crippen molar-refractivity contribution in [1.82, 2.24) is 5.32 Å². The second kappa shape index (κ2) is 4.97. The average molecular weight is 185 g/mol. The van der Waals surface area contributed by atoms with E-state index in [-0.39, 0.29) is 0 Å². The van der Waals surface area contributed by atoms with Gasteiger partial charge in [0.25, 0.3) is 0 Å². The van der Waals surface area contributed by atoms with Crippen molar-refractivity contribution in [3.63, 3.8) is 0 Å². The molecule has 1 rings (SSSR count). The molecule has 0 saturated heterocycles. The highest BCUT2D eigenvalue weighted by atomic mass is 16.5. The maximum atomic E-state index is 5.04. The molecule has 0 aromatic rings. The van der Waals surface area contributed by atoms with Crippen LogP contribution in [-0.4, -0.2) is 26.3 Å². The number of rotatable bonds is 6. The van der Waals surface area contributed by atoms with Crippen LogP contribution in [0.3, 0.4) is 0 Å². The summed E-state index contributed by atoms with van der Waals surface area (Å²) in [5.41, 5.74) is 0.599. The molecule has 0 spiro atoms. The molecule has 0 aromatic carbocycles. The van der Waals surface area contributed by atoms with Crippen molar-refractivity contribution < 1.29 is 4.74 Å². The van der Waals surface area contributed by atoms with Crippen LogP contribution in [0.25, 0.3) is 0 Å². The summed E-state index contributed by atoms with van der Waals surface area (Å²) < 4.78 is 5.04. The van der Waals surface area contributed by atoms with Crippen LogP contribution in [0.15, 0.2) is 0 Å². The van der Waals surface area contributed by atoms with E-state index in [1.807, 2.05) is 0 Å². The summed E-state index contributed by atoms with van der Waals surface area (Å²) in [7, 11) is 1.76. The number of ether oxygens (including phenoxy) is 1. The first-order chi connectivity index (χ1) is 6.16. The van der Waals surface area contributed by atoms with E-state index in [0.29, 0.717) is 11.5 Å². The highest BCUT2D eigenvalue weighted by Gasteiger charge is 2.31. The van der Waals surface area contributed by atoms with Crippen LogP contribution in [0.4, 0.5) is 0 Å². The highest BCUT2D eigenvalue weighted by molar-refractivity contribution is 4.85. The summed E-state index contributed by atoms with van der Waals surface area (Å²) in [6.07, 6.45) is 5.34. The van der Waals surface area contributed by atoms with E-state index in [1.54, 1.807) is 7.11 Å². The van der Waals surface area contributed by atoms with Crippen LogP contribution in [0.5, 0.6) is 0 Å². The quantitative estimate of drug-likeness (QED) is 0.685. The molecule has 2 heteroatoms. The van der Waals surface area contributed by atoms with Gasteiger partial charge in [0.2, 0.25) is 0 Å². The van der Waals surface area contributed by atoms with Crippen LogP contribution >= 0.6 is 0 Å². The van der Waals surface area contributed by atoms with E-state index in [1.165, 1.54) is 25.8 Å². The standard InChI is InChI=1S/C11H23NO/c1-10(5-8-13-3)12-9-11(2)6-4-7-11/h10,12H,4-9H2,1-3H3. The van der Waals surface area contributed by atoms with Crippen molar-refractivity contribution in [2.75, 3.05) is 20.3 Å². The van der Waals surface area contributed by atoms with Gasteiger partial charge in [0.05, 0.1) is 0 Å². The van der Waals surface area contributed by atoms with E-state index in [9.17, 15) is 0 Å². The van der Waals surface area contributed by atoms with Gasteiger partial charge in [-0.25, -0.2) is 0 Å². The first-order valence-electron chi connectivity index (χ1n) is 5.39. The Balaban J connectivity index is 2.03. The Hall–Kier alpha value is -0.0800. The first kappa shape index (κ1) is 11.0. The van der Waals surface area contributed by atoms with Crippen LogP contribution < -0.4 is 5.32 Å². The number of hydrogen-bond acceptors (Lipinski definition) is 2. The van der Waals surface area contributed by atoms with Gasteiger partial charge in [-0.1, -0.05) is 13.3 Å². The van der Waals surface area contributed by atoms with Crippen molar-refractivity contribution in [2.45, 2.75) is 45.6 Å². The Kier molecular flexibility index (Phi) is 4.20. The van der Waals surface area contributed by atoms with Gasteiger partial charge in [0, 0.05) is 26.3 Å². The van der Waals surface area contributed by atoms with Crippen LogP contribution in [-0.2, 0) is 4.74 Å². The third kappa shape index (κ3) is 3.65. The van der Waals surface area contributed by atoms with Gasteiger partial charge in [-0.3, -0.25) is 0 Å². The predicted molar refractivity (Wildman–Crippen MR) is 55.9 cm³/mol. The van der Waals surface area contributed by atoms with Crippen molar-refractivity contribution in [3.8, 4) is 0 Å². The van der Waals surface area contributed by atoms with Gasteiger partial charge in [0.15, 0.2) is 0 Å². The minimum atomic E-state index is 0.595. The second-order valence-corrected chi connectivity index (χ2v) is 4.73. The molecule has 1 unspecified atom stereocenters. The fraction of sp³-hybridized carbons (Fsp3) is 1.00. The molecule has 1 aliphatic carbocycles. The van der Waals surface area contributed by atoms with E-state index in [0.717, 1.165) is 13.0 Å². The van der Waals surface area contributed by atoms with Crippen molar-refractivity contribution in [1.29, 1.82) is 0 Å². The van der Waals surface area contributed by atoms with Gasteiger partial charge in [-0.2, -0.15) is 0 Å². The molecule has 1 fully saturated rings. The number of nitrogens with one attached hydrogen (secondary N) is 1. The van der Waals surface area contributed by atoms with Crippen LogP contribution in [0.1, 0.15) is 39.5 Å². The fourth-order valence-corrected chi connectivity index (χ4v) is 1.77. The van der Waals surface area contributed by atoms with E-state index < -0.39 is 0 Å². The summed E-state index contributed by atoms with van der Waals surface area (Å²) >= 11 is 0. The normalized spacial score (nSPS) is 22.4. The van der Waals surface area contributed by atoms with E-state index in [4.69, 9.17) is 4.74 Å². The molecule has 0 radical (unpaired) electrons. The maximum Gasteiger partial charge on any atom is 0.0476 e. The Labute approximate surface area is 82.0 Å². The Morgan fingerprint density at radius 2 is 2.15 bits per heavy atom. The highest BCUT2D eigenvalue weighted by Crippen LogP contribution is 2.39. The largest absolute Gasteiger partial charge is 0.385 e. The molecule has 0 heterocycles. The van der Waals surface area contributed by atoms with Gasteiger partial charge < -0.3 is 10.1 Å². The minimum absolute atomic E-state index is 0.595. The molecule has 0 bridgehead atoms. The topological polar surface area (TPSA) is 21.3 Å². The molecule has 2 nitrogen and oxygen atoms in total. The molecular formula is C11H23NO. The Morgan fingerprint density at radius 1 is 1.46 bits per heavy atom. The van der Waals surface area contributed by atoms with Gasteiger partial charge in [0.1, 0.15) is 0 Å².